The second-order valence-electron chi connectivity index (χ2n) is 3.89. The summed E-state index contributed by atoms with van der Waals surface area (Å²) in [5.41, 5.74) is 10.8. The van der Waals surface area contributed by atoms with Crippen molar-refractivity contribution in [3.63, 3.8) is 0 Å². The summed E-state index contributed by atoms with van der Waals surface area (Å²) in [5, 5.41) is 7.05. The number of hydrogen-bond donors (Lipinski definition) is 3. The first-order valence-corrected chi connectivity index (χ1v) is 5.28. The van der Waals surface area contributed by atoms with Gasteiger partial charge in [-0.25, -0.2) is 0 Å². The van der Waals surface area contributed by atoms with E-state index in [0.717, 1.165) is 31.9 Å². The molecule has 1 saturated carbocycles. The van der Waals surface area contributed by atoms with Crippen molar-refractivity contribution in [2.45, 2.75) is 38.1 Å². The summed E-state index contributed by atoms with van der Waals surface area (Å²) >= 11 is 0. The van der Waals surface area contributed by atoms with E-state index in [4.69, 9.17) is 16.9 Å². The van der Waals surface area contributed by atoms with Gasteiger partial charge in [0, 0.05) is 6.21 Å². The summed E-state index contributed by atoms with van der Waals surface area (Å²) in [7, 11) is 0. The predicted molar refractivity (Wildman–Crippen MR) is 60.0 cm³/mol. The topological polar surface area (TPSA) is 105 Å². The van der Waals surface area contributed by atoms with Crippen LogP contribution in [-0.4, -0.2) is 24.0 Å². The number of nitrogens with zero attached hydrogens (tertiary/aromatic N) is 1. The van der Waals surface area contributed by atoms with Crippen LogP contribution >= 0.6 is 0 Å². The van der Waals surface area contributed by atoms with Crippen LogP contribution in [0.1, 0.15) is 32.1 Å². The van der Waals surface area contributed by atoms with Crippen LogP contribution in [0, 0.1) is 11.3 Å². The van der Waals surface area contributed by atoms with Crippen LogP contribution in [0.3, 0.4) is 0 Å². The van der Waals surface area contributed by atoms with Gasteiger partial charge in [-0.2, -0.15) is 0 Å². The van der Waals surface area contributed by atoms with Gasteiger partial charge in [-0.15, -0.1) is 0 Å². The third-order valence-corrected chi connectivity index (χ3v) is 2.70. The summed E-state index contributed by atoms with van der Waals surface area (Å²) in [6, 6.07) is 0.209. The van der Waals surface area contributed by atoms with E-state index in [9.17, 15) is 4.79 Å². The zero-order valence-corrected chi connectivity index (χ0v) is 8.78. The van der Waals surface area contributed by atoms with E-state index in [-0.39, 0.29) is 11.9 Å². The smallest absolute Gasteiger partial charge is 0.233 e. The molecule has 1 aliphatic carbocycles. The first-order chi connectivity index (χ1) is 7.15. The van der Waals surface area contributed by atoms with Crippen molar-refractivity contribution in [3.05, 3.63) is 0 Å². The molecule has 0 aromatic heterocycles. The number of rotatable bonds is 4. The van der Waals surface area contributed by atoms with Gasteiger partial charge in [0.25, 0.3) is 0 Å². The van der Waals surface area contributed by atoms with E-state index in [1.54, 1.807) is 0 Å². The molecule has 0 aliphatic heterocycles. The van der Waals surface area contributed by atoms with Gasteiger partial charge in [-0.1, -0.05) is 19.3 Å². The summed E-state index contributed by atoms with van der Waals surface area (Å²) < 4.78 is 0. The fourth-order valence-electron chi connectivity index (χ4n) is 1.81. The van der Waals surface area contributed by atoms with Crippen molar-refractivity contribution in [3.8, 4) is 0 Å². The Morgan fingerprint density at radius 1 is 1.33 bits per heavy atom. The molecular weight excluding hydrogens is 192 g/mol. The summed E-state index contributed by atoms with van der Waals surface area (Å²) in [6.07, 6.45) is 6.55. The molecule has 84 valence electrons. The van der Waals surface area contributed by atoms with E-state index in [1.165, 1.54) is 6.42 Å². The average molecular weight is 210 g/mol. The van der Waals surface area contributed by atoms with Crippen LogP contribution < -0.4 is 11.5 Å². The van der Waals surface area contributed by atoms with Crippen LogP contribution in [0.15, 0.2) is 4.99 Å². The van der Waals surface area contributed by atoms with Gasteiger partial charge in [-0.05, 0) is 12.8 Å². The molecule has 1 amide bonds. The number of amidine groups is 1. The zero-order chi connectivity index (χ0) is 11.3. The lowest BCUT2D eigenvalue weighted by molar-refractivity contribution is -0.118. The van der Waals surface area contributed by atoms with Crippen LogP contribution in [0.4, 0.5) is 0 Å². The molecule has 0 radical (unpaired) electrons. The Kier molecular flexibility index (Phi) is 4.27. The minimum absolute atomic E-state index is 0.185. The summed E-state index contributed by atoms with van der Waals surface area (Å²) in [4.78, 5) is 15.2. The lowest BCUT2D eigenvalue weighted by Gasteiger charge is -2.19. The number of hydrogen-bond acceptors (Lipinski definition) is 3. The van der Waals surface area contributed by atoms with Gasteiger partial charge in [0.1, 0.15) is 11.8 Å². The fraction of sp³-hybridized carbons (Fsp3) is 0.700. The molecule has 0 heterocycles. The molecule has 5 heteroatoms. The van der Waals surface area contributed by atoms with Crippen molar-refractivity contribution in [1.82, 2.24) is 0 Å². The van der Waals surface area contributed by atoms with Gasteiger partial charge in [-0.3, -0.25) is 9.79 Å². The normalized spacial score (nSPS) is 20.9. The van der Waals surface area contributed by atoms with Crippen LogP contribution in [-0.2, 0) is 4.79 Å². The lowest BCUT2D eigenvalue weighted by atomic mass is 9.96. The summed E-state index contributed by atoms with van der Waals surface area (Å²) in [6.45, 7) is 0. The molecule has 1 atom stereocenters. The number of amides is 1. The Bertz CT molecular complexity index is 269. The van der Waals surface area contributed by atoms with E-state index in [1.807, 2.05) is 0 Å². The molecule has 1 fully saturated rings. The highest BCUT2D eigenvalue weighted by Crippen LogP contribution is 2.20. The Hall–Kier alpha value is -1.39. The van der Waals surface area contributed by atoms with Crippen LogP contribution in [0.2, 0.25) is 0 Å². The predicted octanol–water partition coefficient (Wildman–Crippen LogP) is 0.427. The third kappa shape index (κ3) is 3.34. The Labute approximate surface area is 89.4 Å². The Morgan fingerprint density at radius 2 is 1.93 bits per heavy atom. The average Bonchev–Trinajstić information content (AvgIpc) is 2.19. The Balaban J connectivity index is 2.63. The lowest BCUT2D eigenvalue weighted by Crippen LogP contribution is -2.37. The van der Waals surface area contributed by atoms with Crippen molar-refractivity contribution >= 4 is 18.0 Å². The molecule has 0 aromatic rings. The van der Waals surface area contributed by atoms with Crippen molar-refractivity contribution in [2.24, 2.45) is 22.4 Å². The highest BCUT2D eigenvalue weighted by atomic mass is 16.1. The SMILES string of the molecule is N=CC(C(N)=O)C(N)=NC1CCCCC1. The maximum atomic E-state index is 10.9. The maximum absolute atomic E-state index is 10.9. The molecule has 0 aromatic carbocycles. The second-order valence-corrected chi connectivity index (χ2v) is 3.89. The number of nitrogens with one attached hydrogen (secondary N) is 1. The largest absolute Gasteiger partial charge is 0.386 e. The minimum Gasteiger partial charge on any atom is -0.386 e. The van der Waals surface area contributed by atoms with E-state index in [0.29, 0.717) is 0 Å². The standard InChI is InChI=1S/C10H18N4O/c11-6-8(10(13)15)9(12)14-7-4-2-1-3-5-7/h6-8,11H,1-5H2,(H2,12,14)(H2,13,15). The number of carbonyl (C=O) groups excluding carboxylic acids is 1. The Morgan fingerprint density at radius 3 is 2.40 bits per heavy atom. The molecule has 1 rings (SSSR count). The molecule has 5 N–H and O–H groups in total. The van der Waals surface area contributed by atoms with Gasteiger partial charge < -0.3 is 16.9 Å². The highest BCUT2D eigenvalue weighted by Gasteiger charge is 2.19. The highest BCUT2D eigenvalue weighted by molar-refractivity contribution is 6.13. The molecule has 15 heavy (non-hydrogen) atoms. The van der Waals surface area contributed by atoms with E-state index < -0.39 is 11.8 Å². The fourth-order valence-corrected chi connectivity index (χ4v) is 1.81. The zero-order valence-electron chi connectivity index (χ0n) is 8.78. The van der Waals surface area contributed by atoms with Crippen LogP contribution in [0.25, 0.3) is 0 Å². The second kappa shape index (κ2) is 5.48. The van der Waals surface area contributed by atoms with E-state index >= 15 is 0 Å². The molecule has 0 spiro atoms. The molecule has 0 saturated heterocycles. The van der Waals surface area contributed by atoms with E-state index in [2.05, 4.69) is 4.99 Å². The van der Waals surface area contributed by atoms with Gasteiger partial charge in [0.2, 0.25) is 5.91 Å². The maximum Gasteiger partial charge on any atom is 0.233 e. The minimum atomic E-state index is -0.841. The number of aliphatic imine (C=N–C) groups is 1. The first-order valence-electron chi connectivity index (χ1n) is 5.28. The van der Waals surface area contributed by atoms with Crippen molar-refractivity contribution < 1.29 is 4.79 Å². The molecule has 0 bridgehead atoms. The molecule has 5 nitrogen and oxygen atoms in total. The molecule has 1 unspecified atom stereocenters. The van der Waals surface area contributed by atoms with Crippen LogP contribution in [0.5, 0.6) is 0 Å². The van der Waals surface area contributed by atoms with Crippen molar-refractivity contribution in [1.29, 1.82) is 5.41 Å². The molecule has 1 aliphatic rings. The third-order valence-electron chi connectivity index (χ3n) is 2.70. The number of primary amides is 1. The van der Waals surface area contributed by atoms with Gasteiger partial charge in [0.15, 0.2) is 0 Å². The van der Waals surface area contributed by atoms with Gasteiger partial charge in [0.05, 0.1) is 6.04 Å². The first kappa shape index (κ1) is 11.7. The van der Waals surface area contributed by atoms with Gasteiger partial charge >= 0.3 is 0 Å². The molecular formula is C10H18N4O. The van der Waals surface area contributed by atoms with Crippen molar-refractivity contribution in [2.75, 3.05) is 0 Å². The number of carbonyl (C=O) groups is 1. The quantitative estimate of drug-likeness (QED) is 0.462. The summed E-state index contributed by atoms with van der Waals surface area (Å²) in [5.74, 6) is -1.27. The monoisotopic (exact) mass is 210 g/mol. The number of nitrogens with two attached hydrogens (primary N) is 2.